The molecule has 0 bridgehead atoms. The van der Waals surface area contributed by atoms with E-state index in [2.05, 4.69) is 41.2 Å². The van der Waals surface area contributed by atoms with Crippen LogP contribution in [-0.4, -0.2) is 27.8 Å². The van der Waals surface area contributed by atoms with Crippen LogP contribution in [0, 0.1) is 13.8 Å². The predicted octanol–water partition coefficient (Wildman–Crippen LogP) is 4.27. The van der Waals surface area contributed by atoms with Crippen molar-refractivity contribution in [1.29, 1.82) is 0 Å². The van der Waals surface area contributed by atoms with E-state index in [1.807, 2.05) is 30.3 Å². The highest BCUT2D eigenvalue weighted by Gasteiger charge is 2.04. The molecule has 0 aliphatic rings. The Kier molecular flexibility index (Phi) is 5.25. The lowest BCUT2D eigenvalue weighted by atomic mass is 10.1. The Morgan fingerprint density at radius 2 is 1.78 bits per heavy atom. The lowest BCUT2D eigenvalue weighted by molar-refractivity contribution is 0.102. The highest BCUT2D eigenvalue weighted by atomic mass is 16.7. The zero-order valence-electron chi connectivity index (χ0n) is 13.1. The zero-order chi connectivity index (χ0) is 16.8. The van der Waals surface area contributed by atoms with Gasteiger partial charge in [0.25, 0.3) is 0 Å². The average molecular weight is 310 g/mol. The summed E-state index contributed by atoms with van der Waals surface area (Å²) in [5.41, 5.74) is 6.38. The molecule has 0 spiro atoms. The van der Waals surface area contributed by atoms with Gasteiger partial charge >= 0.3 is 6.16 Å². The maximum Gasteiger partial charge on any atom is 0.506 e. The smallest absolute Gasteiger partial charge is 0.450 e. The highest BCUT2D eigenvalue weighted by Crippen LogP contribution is 2.20. The third-order valence-corrected chi connectivity index (χ3v) is 3.36. The average Bonchev–Trinajstić information content (AvgIpc) is 2.56. The molecule has 2 aromatic carbocycles. The first-order valence-corrected chi connectivity index (χ1v) is 7.12. The first-order valence-electron chi connectivity index (χ1n) is 7.12. The number of rotatable bonds is 2. The van der Waals surface area contributed by atoms with Crippen LogP contribution >= 0.6 is 0 Å². The SMILES string of the molecule is C=CCOC(=O)O.Cc1ccc2nc3ccccc3nc2c1C. The molecule has 0 atom stereocenters. The van der Waals surface area contributed by atoms with Crippen molar-refractivity contribution in [3.8, 4) is 0 Å². The number of hydrogen-bond donors (Lipinski definition) is 1. The second-order valence-electron chi connectivity index (χ2n) is 4.95. The monoisotopic (exact) mass is 310 g/mol. The quantitative estimate of drug-likeness (QED) is 0.435. The fourth-order valence-corrected chi connectivity index (χ4v) is 2.05. The van der Waals surface area contributed by atoms with Crippen LogP contribution in [0.25, 0.3) is 22.1 Å². The minimum atomic E-state index is -1.26. The highest BCUT2D eigenvalue weighted by molar-refractivity contribution is 5.88. The summed E-state index contributed by atoms with van der Waals surface area (Å²) >= 11 is 0. The number of nitrogens with zero attached hydrogens (tertiary/aromatic N) is 2. The molecule has 3 aromatic rings. The van der Waals surface area contributed by atoms with Crippen molar-refractivity contribution >= 4 is 28.2 Å². The number of ether oxygens (including phenoxy) is 1. The van der Waals surface area contributed by atoms with Gasteiger partial charge in [0.2, 0.25) is 0 Å². The van der Waals surface area contributed by atoms with Crippen LogP contribution in [-0.2, 0) is 4.74 Å². The van der Waals surface area contributed by atoms with Gasteiger partial charge in [-0.25, -0.2) is 14.8 Å². The molecule has 3 rings (SSSR count). The van der Waals surface area contributed by atoms with Crippen LogP contribution in [0.15, 0.2) is 49.1 Å². The van der Waals surface area contributed by atoms with Gasteiger partial charge in [-0.05, 0) is 43.2 Å². The van der Waals surface area contributed by atoms with Gasteiger partial charge in [0.05, 0.1) is 22.1 Å². The molecule has 0 aliphatic heterocycles. The van der Waals surface area contributed by atoms with E-state index in [-0.39, 0.29) is 6.61 Å². The minimum absolute atomic E-state index is 0.0648. The molecule has 1 N–H and O–H groups in total. The number of carbonyl (C=O) groups is 1. The Morgan fingerprint density at radius 3 is 2.35 bits per heavy atom. The van der Waals surface area contributed by atoms with Crippen molar-refractivity contribution in [3.63, 3.8) is 0 Å². The Labute approximate surface area is 134 Å². The van der Waals surface area contributed by atoms with Gasteiger partial charge in [0.1, 0.15) is 6.61 Å². The summed E-state index contributed by atoms with van der Waals surface area (Å²) < 4.78 is 3.99. The van der Waals surface area contributed by atoms with Gasteiger partial charge in [-0.2, -0.15) is 0 Å². The van der Waals surface area contributed by atoms with Crippen LogP contribution in [0.2, 0.25) is 0 Å². The second-order valence-corrected chi connectivity index (χ2v) is 4.95. The van der Waals surface area contributed by atoms with E-state index in [0.29, 0.717) is 0 Å². The Bertz CT molecular complexity index is 859. The van der Waals surface area contributed by atoms with E-state index < -0.39 is 6.16 Å². The van der Waals surface area contributed by atoms with Crippen LogP contribution in [0.4, 0.5) is 4.79 Å². The third-order valence-electron chi connectivity index (χ3n) is 3.36. The van der Waals surface area contributed by atoms with Crippen molar-refractivity contribution in [2.45, 2.75) is 13.8 Å². The molecular weight excluding hydrogens is 292 g/mol. The molecule has 0 saturated heterocycles. The summed E-state index contributed by atoms with van der Waals surface area (Å²) in [6, 6.07) is 12.1. The van der Waals surface area contributed by atoms with Crippen LogP contribution < -0.4 is 0 Å². The van der Waals surface area contributed by atoms with Gasteiger partial charge in [-0.15, -0.1) is 0 Å². The summed E-state index contributed by atoms with van der Waals surface area (Å²) in [6.45, 7) is 7.51. The lowest BCUT2D eigenvalue weighted by Crippen LogP contribution is -1.98. The summed E-state index contributed by atoms with van der Waals surface area (Å²) in [4.78, 5) is 18.8. The number of para-hydroxylation sites is 2. The fourth-order valence-electron chi connectivity index (χ4n) is 2.05. The molecular formula is C18H18N2O3. The van der Waals surface area contributed by atoms with E-state index in [4.69, 9.17) is 5.11 Å². The summed E-state index contributed by atoms with van der Waals surface area (Å²) in [7, 11) is 0. The van der Waals surface area contributed by atoms with Crippen molar-refractivity contribution < 1.29 is 14.6 Å². The number of aromatic nitrogens is 2. The molecule has 0 radical (unpaired) electrons. The van der Waals surface area contributed by atoms with E-state index >= 15 is 0 Å². The summed E-state index contributed by atoms with van der Waals surface area (Å²) in [6.07, 6.45) is 0.105. The number of fused-ring (bicyclic) bond motifs is 2. The Balaban J connectivity index is 0.000000236. The van der Waals surface area contributed by atoms with E-state index in [1.165, 1.54) is 17.2 Å². The van der Waals surface area contributed by atoms with Crippen LogP contribution in [0.5, 0.6) is 0 Å². The largest absolute Gasteiger partial charge is 0.506 e. The maximum absolute atomic E-state index is 9.49. The predicted molar refractivity (Wildman–Crippen MR) is 90.7 cm³/mol. The molecule has 0 saturated carbocycles. The first-order chi connectivity index (χ1) is 11.0. The standard InChI is InChI=1S/C14H12N2.C4H6O3/c1-9-7-8-13-14(10(9)2)16-12-6-4-3-5-11(12)15-13;1-2-3-7-4(5)6/h3-8H,1-2H3;2H,1,3H2,(H,5,6). The number of aryl methyl sites for hydroxylation is 2. The number of benzene rings is 2. The molecule has 1 heterocycles. The van der Waals surface area contributed by atoms with Gasteiger partial charge in [0, 0.05) is 0 Å². The van der Waals surface area contributed by atoms with E-state index in [0.717, 1.165) is 22.1 Å². The van der Waals surface area contributed by atoms with Gasteiger partial charge in [0.15, 0.2) is 0 Å². The normalized spacial score (nSPS) is 10.0. The van der Waals surface area contributed by atoms with Crippen molar-refractivity contribution in [1.82, 2.24) is 9.97 Å². The molecule has 0 amide bonds. The Morgan fingerprint density at radius 1 is 1.13 bits per heavy atom. The third kappa shape index (κ3) is 4.03. The zero-order valence-corrected chi connectivity index (χ0v) is 13.1. The van der Waals surface area contributed by atoms with Gasteiger partial charge in [-0.1, -0.05) is 30.9 Å². The van der Waals surface area contributed by atoms with Crippen molar-refractivity contribution in [2.75, 3.05) is 6.61 Å². The van der Waals surface area contributed by atoms with Gasteiger partial charge in [-0.3, -0.25) is 0 Å². The molecule has 5 heteroatoms. The summed E-state index contributed by atoms with van der Waals surface area (Å²) in [5, 5.41) is 7.77. The molecule has 0 fully saturated rings. The molecule has 5 nitrogen and oxygen atoms in total. The van der Waals surface area contributed by atoms with Crippen molar-refractivity contribution in [2.24, 2.45) is 0 Å². The first kappa shape index (κ1) is 16.4. The molecule has 1 aromatic heterocycles. The molecule has 23 heavy (non-hydrogen) atoms. The number of hydrogen-bond acceptors (Lipinski definition) is 4. The second kappa shape index (κ2) is 7.35. The fraction of sp³-hybridized carbons (Fsp3) is 0.167. The topological polar surface area (TPSA) is 72.3 Å². The minimum Gasteiger partial charge on any atom is -0.450 e. The summed E-state index contributed by atoms with van der Waals surface area (Å²) in [5.74, 6) is 0. The molecule has 118 valence electrons. The van der Waals surface area contributed by atoms with E-state index in [9.17, 15) is 4.79 Å². The van der Waals surface area contributed by atoms with Crippen molar-refractivity contribution in [3.05, 3.63) is 60.2 Å². The molecule has 0 aliphatic carbocycles. The maximum atomic E-state index is 9.49. The lowest BCUT2D eigenvalue weighted by Gasteiger charge is -2.05. The van der Waals surface area contributed by atoms with Crippen LogP contribution in [0.3, 0.4) is 0 Å². The molecule has 0 unspecified atom stereocenters. The van der Waals surface area contributed by atoms with E-state index in [1.54, 1.807) is 0 Å². The number of carboxylic acid groups (broad SMARTS) is 1. The van der Waals surface area contributed by atoms with Gasteiger partial charge < -0.3 is 9.84 Å². The Hall–Kier alpha value is -2.95. The van der Waals surface area contributed by atoms with Crippen LogP contribution in [0.1, 0.15) is 11.1 Å².